The van der Waals surface area contributed by atoms with E-state index in [0.717, 1.165) is 4.90 Å². The fraction of sp³-hybridized carbons (Fsp3) is 0.130. The number of ether oxygens (including phenoxy) is 1. The van der Waals surface area contributed by atoms with E-state index in [1.165, 1.54) is 19.4 Å². The summed E-state index contributed by atoms with van der Waals surface area (Å²) in [6.07, 6.45) is 2.69. The minimum Gasteiger partial charge on any atom is -0.467 e. The number of nitrogens with zero attached hydrogens (tertiary/aromatic N) is 1. The summed E-state index contributed by atoms with van der Waals surface area (Å²) in [5.74, 6) is -0.997. The number of amides is 4. The Hall–Kier alpha value is -4.40. The average Bonchev–Trinajstić information content (AvgIpc) is 3.46. The molecule has 1 saturated heterocycles. The summed E-state index contributed by atoms with van der Waals surface area (Å²) in [4.78, 5) is 50.0. The molecule has 0 saturated carbocycles. The third-order valence-electron chi connectivity index (χ3n) is 5.00. The van der Waals surface area contributed by atoms with E-state index in [0.29, 0.717) is 28.2 Å². The van der Waals surface area contributed by atoms with Gasteiger partial charge in [-0.25, -0.2) is 9.59 Å². The molecule has 4 amide bonds. The Kier molecular flexibility index (Phi) is 5.46. The fourth-order valence-electron chi connectivity index (χ4n) is 3.35. The normalized spacial score (nSPS) is 15.2. The van der Waals surface area contributed by atoms with Crippen LogP contribution in [0.15, 0.2) is 63.1 Å². The molecule has 0 radical (unpaired) electrons. The molecule has 0 unspecified atom stereocenters. The first-order chi connectivity index (χ1) is 15.4. The summed E-state index contributed by atoms with van der Waals surface area (Å²) >= 11 is 0. The van der Waals surface area contributed by atoms with Crippen LogP contribution < -0.4 is 5.32 Å². The molecule has 9 nitrogen and oxygen atoms in total. The lowest BCUT2D eigenvalue weighted by Gasteiger charge is -2.25. The second-order valence-corrected chi connectivity index (χ2v) is 6.96. The molecule has 2 aromatic heterocycles. The van der Waals surface area contributed by atoms with Crippen molar-refractivity contribution >= 4 is 29.9 Å². The number of nitrogens with one attached hydrogen (secondary N) is 1. The van der Waals surface area contributed by atoms with Crippen molar-refractivity contribution in [1.29, 1.82) is 0 Å². The smallest absolute Gasteiger partial charge is 0.338 e. The topological polar surface area (TPSA) is 119 Å². The van der Waals surface area contributed by atoms with Crippen LogP contribution in [0.2, 0.25) is 0 Å². The second kappa shape index (κ2) is 8.38. The highest BCUT2D eigenvalue weighted by molar-refractivity contribution is 6.30. The fourth-order valence-corrected chi connectivity index (χ4v) is 3.35. The van der Waals surface area contributed by atoms with Crippen molar-refractivity contribution in [2.75, 3.05) is 7.11 Å². The maximum atomic E-state index is 12.8. The van der Waals surface area contributed by atoms with Gasteiger partial charge in [0.2, 0.25) is 0 Å². The predicted molar refractivity (Wildman–Crippen MR) is 111 cm³/mol. The van der Waals surface area contributed by atoms with Gasteiger partial charge < -0.3 is 13.6 Å². The molecule has 3 heterocycles. The van der Waals surface area contributed by atoms with Crippen LogP contribution in [0.5, 0.6) is 0 Å². The third-order valence-corrected chi connectivity index (χ3v) is 5.00. The van der Waals surface area contributed by atoms with Crippen molar-refractivity contribution in [3.63, 3.8) is 0 Å². The Balaban J connectivity index is 1.64. The van der Waals surface area contributed by atoms with Gasteiger partial charge in [0, 0.05) is 5.56 Å². The minimum absolute atomic E-state index is 0.120. The number of rotatable bonds is 5. The van der Waals surface area contributed by atoms with E-state index in [4.69, 9.17) is 13.6 Å². The number of esters is 1. The molecule has 0 atom stereocenters. The zero-order chi connectivity index (χ0) is 22.8. The number of carbonyl (C=O) groups excluding carboxylic acids is 4. The maximum absolute atomic E-state index is 12.8. The SMILES string of the molecule is COC(=O)c1cccc(-c2ccc(C=C3C(=O)NC(=O)N(Cc4ccco4)C3=O)o2)c1C. The summed E-state index contributed by atoms with van der Waals surface area (Å²) in [5.41, 5.74) is 1.47. The van der Waals surface area contributed by atoms with E-state index in [9.17, 15) is 19.2 Å². The van der Waals surface area contributed by atoms with Crippen molar-refractivity contribution in [2.45, 2.75) is 13.5 Å². The Morgan fingerprint density at radius 3 is 2.66 bits per heavy atom. The molecule has 4 rings (SSSR count). The van der Waals surface area contributed by atoms with Crippen LogP contribution in [0, 0.1) is 6.92 Å². The van der Waals surface area contributed by atoms with Gasteiger partial charge in [-0.1, -0.05) is 12.1 Å². The molecule has 9 heteroatoms. The molecule has 32 heavy (non-hydrogen) atoms. The molecule has 0 aliphatic carbocycles. The number of carbonyl (C=O) groups is 4. The standard InChI is InChI=1S/C23H18N2O7/c1-13-16(6-3-7-17(13)22(28)30-2)19-9-8-14(32-19)11-18-20(26)24-23(29)25(21(18)27)12-15-5-4-10-31-15/h3-11H,12H2,1-2H3,(H,24,26,29). The number of methoxy groups -OCH3 is 1. The highest BCUT2D eigenvalue weighted by atomic mass is 16.5. The number of benzene rings is 1. The van der Waals surface area contributed by atoms with Crippen LogP contribution in [-0.4, -0.2) is 35.8 Å². The first-order valence-corrected chi connectivity index (χ1v) is 9.58. The Morgan fingerprint density at radius 2 is 1.94 bits per heavy atom. The summed E-state index contributed by atoms with van der Waals surface area (Å²) in [6.45, 7) is 1.64. The first kappa shape index (κ1) is 20.9. The van der Waals surface area contributed by atoms with Gasteiger partial charge in [-0.3, -0.25) is 19.8 Å². The van der Waals surface area contributed by atoms with E-state index in [1.807, 2.05) is 0 Å². The lowest BCUT2D eigenvalue weighted by Crippen LogP contribution is -2.53. The number of barbiturate groups is 1. The van der Waals surface area contributed by atoms with Crippen LogP contribution in [0.1, 0.15) is 27.4 Å². The zero-order valence-corrected chi connectivity index (χ0v) is 17.2. The van der Waals surface area contributed by atoms with Gasteiger partial charge in [0.05, 0.1) is 25.5 Å². The van der Waals surface area contributed by atoms with Crippen LogP contribution in [0.3, 0.4) is 0 Å². The molecule has 1 aromatic carbocycles. The summed E-state index contributed by atoms with van der Waals surface area (Å²) in [5, 5.41) is 2.14. The van der Waals surface area contributed by atoms with Gasteiger partial charge in [0.25, 0.3) is 11.8 Å². The van der Waals surface area contributed by atoms with Gasteiger partial charge >= 0.3 is 12.0 Å². The molecule has 0 bridgehead atoms. The van der Waals surface area contributed by atoms with Crippen LogP contribution >= 0.6 is 0 Å². The van der Waals surface area contributed by atoms with Gasteiger partial charge in [-0.2, -0.15) is 0 Å². The Bertz CT molecular complexity index is 1250. The van der Waals surface area contributed by atoms with Crippen molar-refractivity contribution in [1.82, 2.24) is 10.2 Å². The minimum atomic E-state index is -0.830. The maximum Gasteiger partial charge on any atom is 0.338 e. The van der Waals surface area contributed by atoms with E-state index in [2.05, 4.69) is 5.32 Å². The quantitative estimate of drug-likeness (QED) is 0.372. The number of imide groups is 2. The highest BCUT2D eigenvalue weighted by Crippen LogP contribution is 2.29. The van der Waals surface area contributed by atoms with Crippen molar-refractivity contribution in [2.24, 2.45) is 0 Å². The van der Waals surface area contributed by atoms with E-state index in [1.54, 1.807) is 49.4 Å². The van der Waals surface area contributed by atoms with E-state index in [-0.39, 0.29) is 17.9 Å². The molecule has 1 aliphatic heterocycles. The largest absolute Gasteiger partial charge is 0.467 e. The molecule has 3 aromatic rings. The molecular formula is C23H18N2O7. The van der Waals surface area contributed by atoms with E-state index >= 15 is 0 Å². The number of hydrogen-bond donors (Lipinski definition) is 1. The number of furan rings is 2. The summed E-state index contributed by atoms with van der Waals surface area (Å²) < 4.78 is 15.8. The summed E-state index contributed by atoms with van der Waals surface area (Å²) in [6, 6.07) is 10.8. The molecular weight excluding hydrogens is 416 g/mol. The monoisotopic (exact) mass is 434 g/mol. The Morgan fingerprint density at radius 1 is 1.12 bits per heavy atom. The van der Waals surface area contributed by atoms with Crippen LogP contribution in [0.4, 0.5) is 4.79 Å². The van der Waals surface area contributed by atoms with Crippen molar-refractivity contribution < 1.29 is 32.7 Å². The lowest BCUT2D eigenvalue weighted by atomic mass is 10.0. The first-order valence-electron chi connectivity index (χ1n) is 9.58. The third kappa shape index (κ3) is 3.83. The van der Waals surface area contributed by atoms with E-state index < -0.39 is 23.8 Å². The molecule has 1 fully saturated rings. The zero-order valence-electron chi connectivity index (χ0n) is 17.2. The molecule has 0 spiro atoms. The molecule has 162 valence electrons. The predicted octanol–water partition coefficient (Wildman–Crippen LogP) is 3.30. The highest BCUT2D eigenvalue weighted by Gasteiger charge is 2.36. The van der Waals surface area contributed by atoms with Crippen molar-refractivity contribution in [3.05, 3.63) is 76.9 Å². The molecule has 1 aliphatic rings. The van der Waals surface area contributed by atoms with Crippen molar-refractivity contribution in [3.8, 4) is 11.3 Å². The van der Waals surface area contributed by atoms with Gasteiger partial charge in [-0.05, 0) is 48.9 Å². The van der Waals surface area contributed by atoms with Gasteiger partial charge in [0.1, 0.15) is 22.9 Å². The van der Waals surface area contributed by atoms with Gasteiger partial charge in [0.15, 0.2) is 0 Å². The van der Waals surface area contributed by atoms with Crippen LogP contribution in [-0.2, 0) is 20.9 Å². The number of hydrogen-bond acceptors (Lipinski definition) is 7. The van der Waals surface area contributed by atoms with Crippen LogP contribution in [0.25, 0.3) is 17.4 Å². The average molecular weight is 434 g/mol. The molecule has 1 N–H and O–H groups in total. The Labute approximate surface area is 182 Å². The lowest BCUT2D eigenvalue weighted by molar-refractivity contribution is -0.130. The summed E-state index contributed by atoms with van der Waals surface area (Å²) in [7, 11) is 1.30. The second-order valence-electron chi connectivity index (χ2n) is 6.96. The van der Waals surface area contributed by atoms with Gasteiger partial charge in [-0.15, -0.1) is 0 Å². The number of urea groups is 1.